The number of halogens is 2. The molecule has 3 heterocycles. The van der Waals surface area contributed by atoms with Gasteiger partial charge in [0.2, 0.25) is 15.9 Å². The van der Waals surface area contributed by atoms with Crippen LogP contribution in [0.15, 0.2) is 29.4 Å². The second-order valence-electron chi connectivity index (χ2n) is 5.81. The average molecular weight is 397 g/mol. The zero-order chi connectivity index (χ0) is 15.6. The van der Waals surface area contributed by atoms with Crippen LogP contribution in [0.25, 0.3) is 0 Å². The van der Waals surface area contributed by atoms with Crippen molar-refractivity contribution in [2.75, 3.05) is 32.7 Å². The molecule has 1 aromatic rings. The number of carbonyl (C=O) groups is 1. The van der Waals surface area contributed by atoms with Gasteiger partial charge in [0.25, 0.3) is 0 Å². The van der Waals surface area contributed by atoms with Crippen molar-refractivity contribution in [1.29, 1.82) is 0 Å². The zero-order valence-corrected chi connectivity index (χ0v) is 15.5. The minimum absolute atomic E-state index is 0. The van der Waals surface area contributed by atoms with Crippen LogP contribution >= 0.6 is 24.8 Å². The summed E-state index contributed by atoms with van der Waals surface area (Å²) in [7, 11) is -3.59. The third-order valence-electron chi connectivity index (χ3n) is 4.32. The first-order chi connectivity index (χ1) is 10.6. The molecule has 2 saturated heterocycles. The molecule has 0 unspecified atom stereocenters. The quantitative estimate of drug-likeness (QED) is 0.745. The first-order valence-corrected chi connectivity index (χ1v) is 8.93. The van der Waals surface area contributed by atoms with Crippen LogP contribution in [0.4, 0.5) is 0 Å². The normalized spacial score (nSPS) is 22.4. The highest BCUT2D eigenvalue weighted by Gasteiger charge is 2.37. The van der Waals surface area contributed by atoms with Gasteiger partial charge in [-0.05, 0) is 24.0 Å². The topological polar surface area (TPSA) is 91.4 Å². The van der Waals surface area contributed by atoms with E-state index in [0.29, 0.717) is 11.8 Å². The van der Waals surface area contributed by atoms with Crippen LogP contribution in [-0.4, -0.2) is 56.9 Å². The molecule has 2 fully saturated rings. The zero-order valence-electron chi connectivity index (χ0n) is 13.1. The maximum Gasteiger partial charge on any atom is 0.242 e. The molecule has 3 rings (SSSR count). The van der Waals surface area contributed by atoms with Crippen molar-refractivity contribution in [2.24, 2.45) is 11.8 Å². The number of carbonyl (C=O) groups excluding carboxylic acids is 1. The number of pyridine rings is 1. The van der Waals surface area contributed by atoms with E-state index in [1.807, 2.05) is 4.90 Å². The third kappa shape index (κ3) is 4.80. The summed E-state index contributed by atoms with van der Waals surface area (Å²) in [5.74, 6) is 1.12. The molecule has 1 aromatic heterocycles. The molecule has 0 radical (unpaired) electrons. The van der Waals surface area contributed by atoms with E-state index in [-0.39, 0.29) is 48.6 Å². The summed E-state index contributed by atoms with van der Waals surface area (Å²) >= 11 is 0. The van der Waals surface area contributed by atoms with Gasteiger partial charge in [-0.3, -0.25) is 9.78 Å². The van der Waals surface area contributed by atoms with Crippen LogP contribution in [0.1, 0.15) is 6.42 Å². The van der Waals surface area contributed by atoms with E-state index in [4.69, 9.17) is 0 Å². The molecule has 0 aromatic carbocycles. The fraction of sp³-hybridized carbons (Fsp3) is 0.571. The molecule has 2 aliphatic rings. The maximum absolute atomic E-state index is 12.2. The number of amides is 1. The van der Waals surface area contributed by atoms with E-state index >= 15 is 0 Å². The van der Waals surface area contributed by atoms with Crippen molar-refractivity contribution in [1.82, 2.24) is 19.9 Å². The lowest BCUT2D eigenvalue weighted by Gasteiger charge is -2.17. The van der Waals surface area contributed by atoms with Gasteiger partial charge in [0, 0.05) is 51.5 Å². The van der Waals surface area contributed by atoms with E-state index in [1.165, 1.54) is 18.5 Å². The molecular formula is C14H22Cl2N4O3S. The number of nitrogens with one attached hydrogen (secondary N) is 2. The third-order valence-corrected chi connectivity index (χ3v) is 5.76. The number of rotatable bonds is 5. The molecule has 2 aliphatic heterocycles. The van der Waals surface area contributed by atoms with Gasteiger partial charge in [-0.2, -0.15) is 0 Å². The Hall–Kier alpha value is -0.930. The van der Waals surface area contributed by atoms with Crippen molar-refractivity contribution in [3.05, 3.63) is 24.5 Å². The lowest BCUT2D eigenvalue weighted by atomic mass is 10.0. The van der Waals surface area contributed by atoms with E-state index in [2.05, 4.69) is 15.0 Å². The second-order valence-corrected chi connectivity index (χ2v) is 7.58. The first kappa shape index (κ1) is 21.1. The number of likely N-dealkylation sites (tertiary alicyclic amines) is 1. The summed E-state index contributed by atoms with van der Waals surface area (Å²) in [4.78, 5) is 17.9. The average Bonchev–Trinajstić information content (AvgIpc) is 3.09. The summed E-state index contributed by atoms with van der Waals surface area (Å²) in [5.41, 5.74) is 0. The fourth-order valence-electron chi connectivity index (χ4n) is 3.10. The summed E-state index contributed by atoms with van der Waals surface area (Å²) in [6.07, 6.45) is 2.99. The smallest absolute Gasteiger partial charge is 0.242 e. The van der Waals surface area contributed by atoms with E-state index in [1.54, 1.807) is 6.07 Å². The highest BCUT2D eigenvalue weighted by Crippen LogP contribution is 2.26. The molecule has 136 valence electrons. The van der Waals surface area contributed by atoms with Crippen molar-refractivity contribution < 1.29 is 13.2 Å². The van der Waals surface area contributed by atoms with Gasteiger partial charge in [-0.15, -0.1) is 24.8 Å². The number of fused-ring (bicyclic) bond motifs is 1. The molecular weight excluding hydrogens is 375 g/mol. The van der Waals surface area contributed by atoms with Crippen LogP contribution in [0.3, 0.4) is 0 Å². The molecule has 10 heteroatoms. The molecule has 7 nitrogen and oxygen atoms in total. The Bertz CT molecular complexity index is 633. The van der Waals surface area contributed by atoms with Crippen LogP contribution in [0.2, 0.25) is 0 Å². The van der Waals surface area contributed by atoms with Crippen LogP contribution in [0.5, 0.6) is 0 Å². The number of nitrogens with zero attached hydrogens (tertiary/aromatic N) is 2. The van der Waals surface area contributed by atoms with Crippen LogP contribution in [0, 0.1) is 11.8 Å². The SMILES string of the molecule is Cl.Cl.O=C(CCNS(=O)(=O)c1cccnc1)N1C[C@H]2CNC[C@H]2C1. The number of hydrogen-bond acceptors (Lipinski definition) is 5. The number of hydrogen-bond donors (Lipinski definition) is 2. The van der Waals surface area contributed by atoms with Crippen LogP contribution in [-0.2, 0) is 14.8 Å². The molecule has 0 aliphatic carbocycles. The Morgan fingerprint density at radius 3 is 2.54 bits per heavy atom. The molecule has 24 heavy (non-hydrogen) atoms. The van der Waals surface area contributed by atoms with Gasteiger partial charge in [0.05, 0.1) is 0 Å². The number of aromatic nitrogens is 1. The van der Waals surface area contributed by atoms with Gasteiger partial charge in [-0.1, -0.05) is 0 Å². The molecule has 1 amide bonds. The van der Waals surface area contributed by atoms with Crippen molar-refractivity contribution in [3.63, 3.8) is 0 Å². The van der Waals surface area contributed by atoms with Crippen LogP contribution < -0.4 is 10.0 Å². The first-order valence-electron chi connectivity index (χ1n) is 7.44. The lowest BCUT2D eigenvalue weighted by Crippen LogP contribution is -2.35. The van der Waals surface area contributed by atoms with E-state index in [0.717, 1.165) is 26.2 Å². The standard InChI is InChI=1S/C14H20N4O3S.2ClH/c19-14(18-9-11-6-16-7-12(11)10-18)3-5-17-22(20,21)13-2-1-4-15-8-13;;/h1-2,4,8,11-12,16-17H,3,5-7,9-10H2;2*1H/t11-,12+;;. The Kier molecular flexibility index (Phi) is 7.88. The predicted octanol–water partition coefficient (Wildman–Crippen LogP) is 0.271. The fourth-order valence-corrected chi connectivity index (χ4v) is 4.09. The van der Waals surface area contributed by atoms with Crippen molar-refractivity contribution in [2.45, 2.75) is 11.3 Å². The minimum Gasteiger partial charge on any atom is -0.342 e. The summed E-state index contributed by atoms with van der Waals surface area (Å²) in [6, 6.07) is 3.04. The molecule has 0 bridgehead atoms. The Morgan fingerprint density at radius 2 is 1.96 bits per heavy atom. The lowest BCUT2D eigenvalue weighted by molar-refractivity contribution is -0.130. The molecule has 0 spiro atoms. The highest BCUT2D eigenvalue weighted by atomic mass is 35.5. The van der Waals surface area contributed by atoms with Crippen molar-refractivity contribution in [3.8, 4) is 0 Å². The highest BCUT2D eigenvalue weighted by molar-refractivity contribution is 7.89. The Balaban J connectivity index is 0.00000144. The summed E-state index contributed by atoms with van der Waals surface area (Å²) in [5, 5.41) is 3.33. The molecule has 2 atom stereocenters. The minimum atomic E-state index is -3.59. The van der Waals surface area contributed by atoms with Gasteiger partial charge in [0.15, 0.2) is 0 Å². The maximum atomic E-state index is 12.2. The van der Waals surface area contributed by atoms with Gasteiger partial charge in [0.1, 0.15) is 4.90 Å². The number of sulfonamides is 1. The van der Waals surface area contributed by atoms with Crippen molar-refractivity contribution >= 4 is 40.7 Å². The predicted molar refractivity (Wildman–Crippen MR) is 95.0 cm³/mol. The van der Waals surface area contributed by atoms with Gasteiger partial charge < -0.3 is 10.2 Å². The molecule has 2 N–H and O–H groups in total. The van der Waals surface area contributed by atoms with Gasteiger partial charge >= 0.3 is 0 Å². The van der Waals surface area contributed by atoms with Gasteiger partial charge in [-0.25, -0.2) is 13.1 Å². The molecule has 0 saturated carbocycles. The monoisotopic (exact) mass is 396 g/mol. The van der Waals surface area contributed by atoms with E-state index < -0.39 is 10.0 Å². The Labute approximate surface area is 154 Å². The summed E-state index contributed by atoms with van der Waals surface area (Å²) < 4.78 is 26.5. The summed E-state index contributed by atoms with van der Waals surface area (Å²) in [6.45, 7) is 3.63. The Morgan fingerprint density at radius 1 is 1.29 bits per heavy atom. The second kappa shape index (κ2) is 8.96. The van der Waals surface area contributed by atoms with E-state index in [9.17, 15) is 13.2 Å². The largest absolute Gasteiger partial charge is 0.342 e.